The highest BCUT2D eigenvalue weighted by Crippen LogP contribution is 2.35. The second-order valence-electron chi connectivity index (χ2n) is 8.82. The molecule has 0 aliphatic carbocycles. The largest absolute Gasteiger partial charge is 0.341 e. The Hall–Kier alpha value is -4.38. The Morgan fingerprint density at radius 2 is 1.88 bits per heavy atom. The molecule has 198 valence electrons. The third-order valence-electron chi connectivity index (χ3n) is 6.16. The molecule has 0 spiro atoms. The van der Waals surface area contributed by atoms with E-state index in [1.54, 1.807) is 35.3 Å². The molecule has 0 saturated heterocycles. The topological polar surface area (TPSA) is 114 Å². The zero-order chi connectivity index (χ0) is 27.5. The van der Waals surface area contributed by atoms with Gasteiger partial charge in [-0.3, -0.25) is 9.78 Å². The van der Waals surface area contributed by atoms with Gasteiger partial charge in [0.05, 0.1) is 42.9 Å². The van der Waals surface area contributed by atoms with Crippen LogP contribution in [0, 0.1) is 0 Å². The number of hydrogen-bond acceptors (Lipinski definition) is 7. The summed E-state index contributed by atoms with van der Waals surface area (Å²) in [5, 5.41) is 23.1. The lowest BCUT2D eigenvalue weighted by Crippen LogP contribution is -2.30. The van der Waals surface area contributed by atoms with E-state index in [1.807, 2.05) is 60.7 Å². The number of nitrogens with one attached hydrogen (secondary N) is 2. The Bertz CT molecular complexity index is 1750. The highest BCUT2D eigenvalue weighted by Gasteiger charge is 2.23. The first-order valence-corrected chi connectivity index (χ1v) is 13.8. The van der Waals surface area contributed by atoms with Gasteiger partial charge in [0, 0.05) is 24.4 Å². The number of pyridine rings is 1. The zero-order valence-corrected chi connectivity index (χ0v) is 23.0. The number of aromatic nitrogens is 7. The number of aromatic amines is 1. The number of carbonyl (C=O) groups excluding carboxylic acids is 1. The fourth-order valence-electron chi connectivity index (χ4n) is 4.23. The van der Waals surface area contributed by atoms with E-state index in [1.165, 1.54) is 11.3 Å². The minimum absolute atomic E-state index is 0.241. The Balaban J connectivity index is 1.32. The molecular formula is C28H20Cl2N8OS. The van der Waals surface area contributed by atoms with Crippen LogP contribution in [0.15, 0.2) is 91.3 Å². The van der Waals surface area contributed by atoms with Gasteiger partial charge in [0.2, 0.25) is 0 Å². The quantitative estimate of drug-likeness (QED) is 0.219. The molecule has 0 bridgehead atoms. The summed E-state index contributed by atoms with van der Waals surface area (Å²) in [5.41, 5.74) is 4.16. The van der Waals surface area contributed by atoms with Gasteiger partial charge >= 0.3 is 0 Å². The number of amides is 1. The van der Waals surface area contributed by atoms with Crippen molar-refractivity contribution in [3.8, 4) is 27.5 Å². The molecule has 1 atom stereocenters. The van der Waals surface area contributed by atoms with E-state index in [0.29, 0.717) is 27.2 Å². The molecule has 4 heterocycles. The third-order valence-corrected chi connectivity index (χ3v) is 8.00. The number of carbonyl (C=O) groups is 1. The van der Waals surface area contributed by atoms with Gasteiger partial charge in [-0.1, -0.05) is 58.7 Å². The molecule has 4 aromatic heterocycles. The lowest BCUT2D eigenvalue weighted by molar-refractivity contribution is 0.0939. The van der Waals surface area contributed by atoms with Gasteiger partial charge in [0.25, 0.3) is 5.91 Å². The molecular weight excluding hydrogens is 567 g/mol. The number of benzene rings is 2. The van der Waals surface area contributed by atoms with Crippen LogP contribution in [0.1, 0.15) is 27.1 Å². The minimum Gasteiger partial charge on any atom is -0.341 e. The third kappa shape index (κ3) is 5.50. The van der Waals surface area contributed by atoms with E-state index >= 15 is 0 Å². The summed E-state index contributed by atoms with van der Waals surface area (Å²) >= 11 is 13.8. The molecule has 6 rings (SSSR count). The van der Waals surface area contributed by atoms with E-state index in [0.717, 1.165) is 33.1 Å². The van der Waals surface area contributed by atoms with Crippen molar-refractivity contribution < 1.29 is 4.79 Å². The van der Waals surface area contributed by atoms with Crippen LogP contribution in [0.4, 0.5) is 0 Å². The van der Waals surface area contributed by atoms with E-state index in [9.17, 15) is 4.79 Å². The molecule has 2 aromatic carbocycles. The highest BCUT2D eigenvalue weighted by atomic mass is 35.5. The summed E-state index contributed by atoms with van der Waals surface area (Å²) in [6, 6.07) is 24.2. The molecule has 12 heteroatoms. The summed E-state index contributed by atoms with van der Waals surface area (Å²) in [6.45, 7) is 0. The maximum absolute atomic E-state index is 13.4. The smallest absolute Gasteiger partial charge is 0.261 e. The number of rotatable bonds is 8. The summed E-state index contributed by atoms with van der Waals surface area (Å²) in [5.74, 6) is 0.169. The first kappa shape index (κ1) is 25.9. The summed E-state index contributed by atoms with van der Waals surface area (Å²) < 4.78 is 1.79. The first-order valence-electron chi connectivity index (χ1n) is 12.2. The van der Waals surface area contributed by atoms with Crippen molar-refractivity contribution in [2.45, 2.75) is 12.5 Å². The Kier molecular flexibility index (Phi) is 7.37. The van der Waals surface area contributed by atoms with E-state index in [2.05, 4.69) is 30.9 Å². The summed E-state index contributed by atoms with van der Waals surface area (Å²) in [7, 11) is 0. The monoisotopic (exact) mass is 586 g/mol. The van der Waals surface area contributed by atoms with E-state index in [4.69, 9.17) is 28.3 Å². The van der Waals surface area contributed by atoms with Crippen LogP contribution in [-0.4, -0.2) is 41.3 Å². The molecule has 0 unspecified atom stereocenters. The molecule has 40 heavy (non-hydrogen) atoms. The minimum atomic E-state index is -0.460. The Labute approximate surface area is 242 Å². The summed E-state index contributed by atoms with van der Waals surface area (Å²) in [6.07, 6.45) is 3.98. The van der Waals surface area contributed by atoms with E-state index in [-0.39, 0.29) is 5.91 Å². The fourth-order valence-corrected chi connectivity index (χ4v) is 5.43. The van der Waals surface area contributed by atoms with Crippen molar-refractivity contribution in [3.05, 3.63) is 118 Å². The van der Waals surface area contributed by atoms with Gasteiger partial charge in [-0.05, 0) is 54.1 Å². The average molecular weight is 587 g/mol. The van der Waals surface area contributed by atoms with Crippen LogP contribution in [-0.2, 0) is 6.42 Å². The number of hydrogen-bond donors (Lipinski definition) is 2. The van der Waals surface area contributed by atoms with Crippen LogP contribution < -0.4 is 5.32 Å². The molecule has 0 radical (unpaired) electrons. The van der Waals surface area contributed by atoms with Crippen molar-refractivity contribution in [2.75, 3.05) is 0 Å². The Morgan fingerprint density at radius 1 is 1.00 bits per heavy atom. The fraction of sp³-hybridized carbons (Fsp3) is 0.0714. The maximum atomic E-state index is 13.4. The van der Waals surface area contributed by atoms with Crippen LogP contribution in [0.2, 0.25) is 10.0 Å². The molecule has 2 N–H and O–H groups in total. The standard InChI is InChI=1S/C28H20Cl2N8OS/c29-20-9-8-19(14-21(20)30)38-24(15-22(35-38)18-7-4-12-31-16-18)25-10-11-26(40-25)28(39)32-23(27-33-36-37-34-27)13-17-5-2-1-3-6-17/h1-12,14-16,23H,13H2,(H,32,39)(H,33,34,36,37)/t23-/m0/s1. The number of tetrazole rings is 1. The predicted molar refractivity (Wildman–Crippen MR) is 155 cm³/mol. The van der Waals surface area contributed by atoms with Crippen LogP contribution >= 0.6 is 34.5 Å². The van der Waals surface area contributed by atoms with Crippen molar-refractivity contribution in [3.63, 3.8) is 0 Å². The maximum Gasteiger partial charge on any atom is 0.261 e. The lowest BCUT2D eigenvalue weighted by atomic mass is 10.1. The zero-order valence-electron chi connectivity index (χ0n) is 20.7. The van der Waals surface area contributed by atoms with Gasteiger partial charge in [-0.15, -0.1) is 21.5 Å². The van der Waals surface area contributed by atoms with Crippen molar-refractivity contribution in [1.82, 2.24) is 40.7 Å². The lowest BCUT2D eigenvalue weighted by Gasteiger charge is -2.15. The molecule has 0 fully saturated rings. The number of halogens is 2. The average Bonchev–Trinajstić information content (AvgIpc) is 3.76. The van der Waals surface area contributed by atoms with Gasteiger partial charge < -0.3 is 5.32 Å². The predicted octanol–water partition coefficient (Wildman–Crippen LogP) is 6.20. The van der Waals surface area contributed by atoms with Gasteiger partial charge in [-0.2, -0.15) is 10.3 Å². The number of thiophene rings is 1. The first-order chi connectivity index (χ1) is 19.5. The van der Waals surface area contributed by atoms with Gasteiger partial charge in [-0.25, -0.2) is 4.68 Å². The van der Waals surface area contributed by atoms with Gasteiger partial charge in [0.1, 0.15) is 0 Å². The van der Waals surface area contributed by atoms with Crippen molar-refractivity contribution >= 4 is 40.4 Å². The number of nitrogens with zero attached hydrogens (tertiary/aromatic N) is 6. The van der Waals surface area contributed by atoms with Crippen LogP contribution in [0.3, 0.4) is 0 Å². The Morgan fingerprint density at radius 3 is 2.62 bits per heavy atom. The second kappa shape index (κ2) is 11.4. The second-order valence-corrected chi connectivity index (χ2v) is 10.7. The molecule has 9 nitrogen and oxygen atoms in total. The molecule has 0 saturated carbocycles. The van der Waals surface area contributed by atoms with Gasteiger partial charge in [0.15, 0.2) is 5.82 Å². The SMILES string of the molecule is O=C(N[C@@H](Cc1ccccc1)c1nn[nH]n1)c1ccc(-c2cc(-c3cccnc3)nn2-c2ccc(Cl)c(Cl)c2)s1. The molecule has 1 amide bonds. The number of H-pyrrole nitrogens is 1. The summed E-state index contributed by atoms with van der Waals surface area (Å²) in [4.78, 5) is 19.0. The van der Waals surface area contributed by atoms with Crippen molar-refractivity contribution in [1.29, 1.82) is 0 Å². The molecule has 6 aromatic rings. The molecule has 0 aliphatic rings. The highest BCUT2D eigenvalue weighted by molar-refractivity contribution is 7.17. The van der Waals surface area contributed by atoms with Crippen molar-refractivity contribution in [2.24, 2.45) is 0 Å². The normalized spacial score (nSPS) is 11.8. The van der Waals surface area contributed by atoms with Crippen LogP contribution in [0.5, 0.6) is 0 Å². The van der Waals surface area contributed by atoms with E-state index < -0.39 is 6.04 Å². The van der Waals surface area contributed by atoms with Crippen LogP contribution in [0.25, 0.3) is 27.5 Å². The molecule has 0 aliphatic heterocycles.